The minimum Gasteiger partial charge on any atom is -0.481 e. The van der Waals surface area contributed by atoms with Gasteiger partial charge < -0.3 is 14.5 Å². The molecule has 1 aromatic rings. The molecule has 21 heavy (non-hydrogen) atoms. The Morgan fingerprint density at radius 2 is 2.00 bits per heavy atom. The van der Waals surface area contributed by atoms with Crippen LogP contribution in [0.4, 0.5) is 0 Å². The molecule has 2 saturated carbocycles. The highest BCUT2D eigenvalue weighted by atomic mass is 16.5. The molecule has 6 nitrogen and oxygen atoms in total. The molecule has 1 N–H and O–H groups in total. The molecule has 0 spiro atoms. The van der Waals surface area contributed by atoms with Crippen LogP contribution in [0.25, 0.3) is 0 Å². The van der Waals surface area contributed by atoms with Crippen LogP contribution in [0, 0.1) is 17.8 Å². The lowest BCUT2D eigenvalue weighted by Crippen LogP contribution is -2.30. The number of amides is 1. The number of carbonyl (C=O) groups excluding carboxylic acids is 1. The van der Waals surface area contributed by atoms with Gasteiger partial charge in [-0.15, -0.1) is 0 Å². The molecule has 1 saturated heterocycles. The number of aliphatic carboxylic acids is 1. The fourth-order valence-electron chi connectivity index (χ4n) is 3.49. The first-order valence-corrected chi connectivity index (χ1v) is 7.61. The average molecular weight is 290 g/mol. The lowest BCUT2D eigenvalue weighted by molar-refractivity contribution is -0.142. The third-order valence-electron chi connectivity index (χ3n) is 4.99. The van der Waals surface area contributed by atoms with E-state index in [9.17, 15) is 14.7 Å². The first kappa shape index (κ1) is 12.9. The molecule has 0 bridgehead atoms. The largest absolute Gasteiger partial charge is 0.481 e. The maximum absolute atomic E-state index is 12.7. The maximum atomic E-state index is 12.7. The summed E-state index contributed by atoms with van der Waals surface area (Å²) in [5.74, 6) is -0.391. The number of carboxylic acids is 1. The third-order valence-corrected chi connectivity index (χ3v) is 4.99. The number of likely N-dealkylation sites (tertiary alicyclic amines) is 1. The molecule has 2 aliphatic carbocycles. The highest BCUT2D eigenvalue weighted by molar-refractivity contribution is 5.95. The van der Waals surface area contributed by atoms with E-state index in [1.807, 2.05) is 0 Å². The first-order valence-electron chi connectivity index (χ1n) is 7.61. The maximum Gasteiger partial charge on any atom is 0.308 e. The molecule has 1 aromatic heterocycles. The summed E-state index contributed by atoms with van der Waals surface area (Å²) in [5, 5.41) is 13.3. The van der Waals surface area contributed by atoms with Gasteiger partial charge in [0.1, 0.15) is 11.8 Å². The molecule has 3 fully saturated rings. The van der Waals surface area contributed by atoms with Gasteiger partial charge in [-0.3, -0.25) is 9.59 Å². The lowest BCUT2D eigenvalue weighted by Gasteiger charge is -2.15. The molecule has 2 atom stereocenters. The van der Waals surface area contributed by atoms with Gasteiger partial charge in [0.05, 0.1) is 11.6 Å². The zero-order chi connectivity index (χ0) is 14.6. The van der Waals surface area contributed by atoms with Crippen molar-refractivity contribution in [1.82, 2.24) is 10.1 Å². The predicted molar refractivity (Wildman–Crippen MR) is 71.7 cm³/mol. The van der Waals surface area contributed by atoms with E-state index in [-0.39, 0.29) is 11.8 Å². The van der Waals surface area contributed by atoms with E-state index in [1.165, 1.54) is 6.26 Å². The highest BCUT2D eigenvalue weighted by Gasteiger charge is 2.47. The van der Waals surface area contributed by atoms with Gasteiger partial charge in [-0.05, 0) is 37.5 Å². The molecule has 0 radical (unpaired) electrons. The molecule has 6 heteroatoms. The summed E-state index contributed by atoms with van der Waals surface area (Å²) in [6.07, 6.45) is 5.70. The van der Waals surface area contributed by atoms with Crippen LogP contribution < -0.4 is 0 Å². The molecule has 2 heterocycles. The molecular weight excluding hydrogens is 272 g/mol. The van der Waals surface area contributed by atoms with Crippen molar-refractivity contribution in [3.8, 4) is 0 Å². The Bertz CT molecular complexity index is 588. The molecule has 112 valence electrons. The van der Waals surface area contributed by atoms with Crippen LogP contribution in [0.2, 0.25) is 0 Å². The summed E-state index contributed by atoms with van der Waals surface area (Å²) in [6.45, 7) is 0.861. The van der Waals surface area contributed by atoms with Crippen molar-refractivity contribution in [3.05, 3.63) is 17.5 Å². The van der Waals surface area contributed by atoms with Gasteiger partial charge in [-0.1, -0.05) is 5.16 Å². The number of aromatic nitrogens is 1. The molecule has 0 aromatic carbocycles. The van der Waals surface area contributed by atoms with E-state index in [4.69, 9.17) is 4.52 Å². The van der Waals surface area contributed by atoms with Gasteiger partial charge in [-0.25, -0.2) is 0 Å². The van der Waals surface area contributed by atoms with E-state index in [0.29, 0.717) is 30.5 Å². The summed E-state index contributed by atoms with van der Waals surface area (Å²) < 4.78 is 4.97. The Kier molecular flexibility index (Phi) is 2.80. The Labute approximate surface area is 122 Å². The van der Waals surface area contributed by atoms with Gasteiger partial charge >= 0.3 is 5.97 Å². The van der Waals surface area contributed by atoms with Crippen LogP contribution in [0.1, 0.15) is 47.7 Å². The van der Waals surface area contributed by atoms with Gasteiger partial charge in [0.2, 0.25) is 0 Å². The molecule has 1 aliphatic heterocycles. The number of hydrogen-bond acceptors (Lipinski definition) is 4. The van der Waals surface area contributed by atoms with Crippen LogP contribution in [-0.4, -0.2) is 40.1 Å². The Morgan fingerprint density at radius 1 is 1.24 bits per heavy atom. The normalized spacial score (nSPS) is 28.9. The summed E-state index contributed by atoms with van der Waals surface area (Å²) in [5.41, 5.74) is 1.28. The van der Waals surface area contributed by atoms with Gasteiger partial charge in [0.25, 0.3) is 5.91 Å². The quantitative estimate of drug-likeness (QED) is 0.913. The topological polar surface area (TPSA) is 83.6 Å². The number of nitrogens with zero attached hydrogens (tertiary/aromatic N) is 2. The second kappa shape index (κ2) is 4.58. The SMILES string of the molecule is O=C(O)[C@H]1CN(C(=O)c2conc2C2CC2)C[C@@H]1C1CC1. The van der Waals surface area contributed by atoms with Crippen molar-refractivity contribution in [2.75, 3.05) is 13.1 Å². The number of rotatable bonds is 4. The molecular formula is C15H18N2O4. The van der Waals surface area contributed by atoms with Crippen LogP contribution in [0.5, 0.6) is 0 Å². The molecule has 0 unspecified atom stereocenters. The third kappa shape index (κ3) is 2.22. The number of carboxylic acid groups (broad SMARTS) is 1. The molecule has 3 aliphatic rings. The van der Waals surface area contributed by atoms with Crippen LogP contribution >= 0.6 is 0 Å². The summed E-state index contributed by atoms with van der Waals surface area (Å²) in [6, 6.07) is 0. The first-order chi connectivity index (χ1) is 10.1. The van der Waals surface area contributed by atoms with Crippen molar-refractivity contribution in [2.24, 2.45) is 17.8 Å². The van der Waals surface area contributed by atoms with Gasteiger partial charge in [0.15, 0.2) is 0 Å². The standard InChI is InChI=1S/C15H18N2O4/c18-14(12-7-21-16-13(12)9-3-4-9)17-5-10(8-1-2-8)11(6-17)15(19)20/h7-11H,1-6H2,(H,19,20)/t10-,11+/m1/s1. The summed E-state index contributed by atoms with van der Waals surface area (Å²) >= 11 is 0. The van der Waals surface area contributed by atoms with Crippen LogP contribution in [-0.2, 0) is 4.79 Å². The zero-order valence-corrected chi connectivity index (χ0v) is 11.7. The molecule has 1 amide bonds. The van der Waals surface area contributed by atoms with Crippen molar-refractivity contribution in [1.29, 1.82) is 0 Å². The second-order valence-corrected chi connectivity index (χ2v) is 6.54. The highest BCUT2D eigenvalue weighted by Crippen LogP contribution is 2.45. The Hall–Kier alpha value is -1.85. The predicted octanol–water partition coefficient (Wildman–Crippen LogP) is 1.73. The van der Waals surface area contributed by atoms with E-state index < -0.39 is 11.9 Å². The molecule has 4 rings (SSSR count). The van der Waals surface area contributed by atoms with Gasteiger partial charge in [-0.2, -0.15) is 0 Å². The zero-order valence-electron chi connectivity index (χ0n) is 11.7. The Morgan fingerprint density at radius 3 is 2.62 bits per heavy atom. The van der Waals surface area contributed by atoms with E-state index in [0.717, 1.165) is 31.4 Å². The van der Waals surface area contributed by atoms with Crippen molar-refractivity contribution < 1.29 is 19.2 Å². The fourth-order valence-corrected chi connectivity index (χ4v) is 3.49. The van der Waals surface area contributed by atoms with E-state index >= 15 is 0 Å². The number of carbonyl (C=O) groups is 2. The van der Waals surface area contributed by atoms with E-state index in [1.54, 1.807) is 4.90 Å². The van der Waals surface area contributed by atoms with Crippen LogP contribution in [0.3, 0.4) is 0 Å². The second-order valence-electron chi connectivity index (χ2n) is 6.54. The monoisotopic (exact) mass is 290 g/mol. The lowest BCUT2D eigenvalue weighted by atomic mass is 9.92. The van der Waals surface area contributed by atoms with Crippen molar-refractivity contribution >= 4 is 11.9 Å². The summed E-state index contributed by atoms with van der Waals surface area (Å²) in [7, 11) is 0. The van der Waals surface area contributed by atoms with E-state index in [2.05, 4.69) is 5.16 Å². The average Bonchev–Trinajstić information content (AvgIpc) is 3.40. The van der Waals surface area contributed by atoms with Crippen LogP contribution in [0.15, 0.2) is 10.8 Å². The fraction of sp³-hybridized carbons (Fsp3) is 0.667. The summed E-state index contributed by atoms with van der Waals surface area (Å²) in [4.78, 5) is 25.7. The smallest absolute Gasteiger partial charge is 0.308 e. The Balaban J connectivity index is 1.54. The van der Waals surface area contributed by atoms with Crippen molar-refractivity contribution in [2.45, 2.75) is 31.6 Å². The number of hydrogen-bond donors (Lipinski definition) is 1. The minimum absolute atomic E-state index is 0.107. The minimum atomic E-state index is -0.782. The van der Waals surface area contributed by atoms with Crippen molar-refractivity contribution in [3.63, 3.8) is 0 Å². The van der Waals surface area contributed by atoms with Gasteiger partial charge in [0, 0.05) is 19.0 Å².